The maximum Gasteiger partial charge on any atom is 0.270 e. The smallest absolute Gasteiger partial charge is 0.270 e. The lowest BCUT2D eigenvalue weighted by Gasteiger charge is -2.26. The van der Waals surface area contributed by atoms with Gasteiger partial charge in [0.1, 0.15) is 5.82 Å². The average Bonchev–Trinajstić information content (AvgIpc) is 3.30. The molecule has 1 aliphatic heterocycles. The number of hydrogen-bond donors (Lipinski definition) is 1. The summed E-state index contributed by atoms with van der Waals surface area (Å²) in [7, 11) is 0. The maximum absolute atomic E-state index is 13.8. The van der Waals surface area contributed by atoms with Gasteiger partial charge in [-0.15, -0.1) is 0 Å². The van der Waals surface area contributed by atoms with Crippen molar-refractivity contribution in [3.8, 4) is 0 Å². The summed E-state index contributed by atoms with van der Waals surface area (Å²) in [5, 5.41) is 15.4. The number of nitro benzene ring substituents is 1. The quantitative estimate of drug-likeness (QED) is 0.237. The van der Waals surface area contributed by atoms with E-state index in [-0.39, 0.29) is 23.8 Å². The lowest BCUT2D eigenvalue weighted by Crippen LogP contribution is -2.41. The number of nitrogens with zero attached hydrogens (tertiary/aromatic N) is 3. The summed E-state index contributed by atoms with van der Waals surface area (Å²) < 4.78 is 21.3. The molecule has 0 radical (unpaired) electrons. The summed E-state index contributed by atoms with van der Waals surface area (Å²) in [6.07, 6.45) is 2.10. The molecule has 0 spiro atoms. The summed E-state index contributed by atoms with van der Waals surface area (Å²) in [6.45, 7) is 4.88. The molecule has 1 amide bonds. The molecule has 1 fully saturated rings. The minimum Gasteiger partial charge on any atom is -0.379 e. The van der Waals surface area contributed by atoms with Crippen LogP contribution in [0.15, 0.2) is 79.0 Å². The number of fused-ring (bicyclic) bond motifs is 1. The van der Waals surface area contributed by atoms with Gasteiger partial charge in [-0.3, -0.25) is 19.8 Å². The molecule has 1 atom stereocenters. The van der Waals surface area contributed by atoms with Crippen molar-refractivity contribution in [3.05, 3.63) is 112 Å². The number of amides is 1. The van der Waals surface area contributed by atoms with Crippen LogP contribution in [0.4, 0.5) is 10.1 Å². The van der Waals surface area contributed by atoms with Crippen molar-refractivity contribution in [2.75, 3.05) is 39.4 Å². The first kappa shape index (κ1) is 26.5. The number of aromatic nitrogens is 1. The van der Waals surface area contributed by atoms with E-state index in [4.69, 9.17) is 4.74 Å². The number of rotatable bonds is 10. The predicted octanol–water partition coefficient (Wildman–Crippen LogP) is 4.71. The third-order valence-electron chi connectivity index (χ3n) is 7.19. The Bertz CT molecular complexity index is 1430. The Kier molecular flexibility index (Phi) is 8.29. The normalized spacial score (nSPS) is 14.8. The molecule has 0 aliphatic carbocycles. The zero-order valence-electron chi connectivity index (χ0n) is 21.6. The van der Waals surface area contributed by atoms with Crippen LogP contribution in [0.25, 0.3) is 10.9 Å². The zero-order valence-corrected chi connectivity index (χ0v) is 21.6. The number of benzene rings is 3. The van der Waals surface area contributed by atoms with E-state index >= 15 is 0 Å². The Balaban J connectivity index is 1.48. The first-order valence-electron chi connectivity index (χ1n) is 13.1. The largest absolute Gasteiger partial charge is 0.379 e. The molecule has 4 aromatic rings. The van der Waals surface area contributed by atoms with Crippen LogP contribution >= 0.6 is 0 Å². The second kappa shape index (κ2) is 12.2. The Hall–Kier alpha value is -4.08. The highest BCUT2D eigenvalue weighted by molar-refractivity contribution is 5.88. The second-order valence-electron chi connectivity index (χ2n) is 9.77. The van der Waals surface area contributed by atoms with Gasteiger partial charge in [0.05, 0.1) is 18.1 Å². The van der Waals surface area contributed by atoms with Crippen molar-refractivity contribution in [2.45, 2.75) is 18.9 Å². The van der Waals surface area contributed by atoms with E-state index in [1.165, 1.54) is 18.2 Å². The molecular weight excluding hydrogens is 499 g/mol. The Labute approximate surface area is 226 Å². The van der Waals surface area contributed by atoms with Crippen molar-refractivity contribution in [3.63, 3.8) is 0 Å². The molecule has 1 N–H and O–H groups in total. The number of nitro groups is 1. The van der Waals surface area contributed by atoms with E-state index in [9.17, 15) is 19.3 Å². The number of carbonyl (C=O) groups is 1. The summed E-state index contributed by atoms with van der Waals surface area (Å²) in [6, 6.07) is 20.9. The molecular formula is C30H31FN4O4. The molecule has 0 bridgehead atoms. The first-order valence-corrected chi connectivity index (χ1v) is 13.1. The highest BCUT2D eigenvalue weighted by Crippen LogP contribution is 2.37. The van der Waals surface area contributed by atoms with Gasteiger partial charge in [0.25, 0.3) is 5.69 Å². The van der Waals surface area contributed by atoms with Gasteiger partial charge >= 0.3 is 0 Å². The number of nitrogens with one attached hydrogen (secondary N) is 1. The predicted molar refractivity (Wildman–Crippen MR) is 147 cm³/mol. The Morgan fingerprint density at radius 2 is 1.79 bits per heavy atom. The van der Waals surface area contributed by atoms with Crippen LogP contribution in [0, 0.1) is 15.9 Å². The van der Waals surface area contributed by atoms with E-state index < -0.39 is 10.8 Å². The monoisotopic (exact) mass is 530 g/mol. The third kappa shape index (κ3) is 6.50. The van der Waals surface area contributed by atoms with Crippen molar-refractivity contribution in [2.24, 2.45) is 0 Å². The maximum atomic E-state index is 13.8. The van der Waals surface area contributed by atoms with Gasteiger partial charge < -0.3 is 14.6 Å². The van der Waals surface area contributed by atoms with Crippen molar-refractivity contribution < 1.29 is 18.8 Å². The van der Waals surface area contributed by atoms with Crippen LogP contribution in [0.3, 0.4) is 0 Å². The van der Waals surface area contributed by atoms with E-state index in [0.717, 1.165) is 41.8 Å². The fourth-order valence-corrected chi connectivity index (χ4v) is 5.15. The van der Waals surface area contributed by atoms with Crippen LogP contribution < -0.4 is 5.32 Å². The summed E-state index contributed by atoms with van der Waals surface area (Å²) in [4.78, 5) is 26.6. The molecule has 9 heteroatoms. The minimum atomic E-state index is -0.421. The Morgan fingerprint density at radius 1 is 1.05 bits per heavy atom. The van der Waals surface area contributed by atoms with Crippen LogP contribution in [0.1, 0.15) is 29.0 Å². The summed E-state index contributed by atoms with van der Waals surface area (Å²) in [5.74, 6) is -0.919. The molecule has 0 unspecified atom stereocenters. The summed E-state index contributed by atoms with van der Waals surface area (Å²) >= 11 is 0. The highest BCUT2D eigenvalue weighted by Gasteiger charge is 2.24. The fourth-order valence-electron chi connectivity index (χ4n) is 5.15. The second-order valence-corrected chi connectivity index (χ2v) is 9.77. The fraction of sp³-hybridized carbons (Fsp3) is 0.300. The molecule has 39 heavy (non-hydrogen) atoms. The number of morpholine rings is 1. The van der Waals surface area contributed by atoms with Gasteiger partial charge in [0, 0.05) is 74.3 Å². The van der Waals surface area contributed by atoms with E-state index in [0.29, 0.717) is 31.7 Å². The number of halogens is 1. The SMILES string of the molecule is O=C(C[C@@H](c1ccc(F)cc1)c1cn(Cc2ccccc2)c2ccc([N+](=O)[O-])cc12)NCCN1CCOCC1. The average molecular weight is 531 g/mol. The molecule has 2 heterocycles. The number of ether oxygens (including phenoxy) is 1. The van der Waals surface area contributed by atoms with E-state index in [1.807, 2.05) is 36.5 Å². The van der Waals surface area contributed by atoms with Crippen molar-refractivity contribution in [1.29, 1.82) is 0 Å². The third-order valence-corrected chi connectivity index (χ3v) is 7.19. The number of hydrogen-bond acceptors (Lipinski definition) is 5. The van der Waals surface area contributed by atoms with Crippen LogP contribution in [0.5, 0.6) is 0 Å². The Morgan fingerprint density at radius 3 is 2.51 bits per heavy atom. The molecule has 1 aromatic heterocycles. The van der Waals surface area contributed by atoms with Gasteiger partial charge in [0.2, 0.25) is 5.91 Å². The topological polar surface area (TPSA) is 89.6 Å². The number of non-ortho nitro benzene ring substituents is 1. The molecule has 8 nitrogen and oxygen atoms in total. The molecule has 1 saturated heterocycles. The molecule has 0 saturated carbocycles. The summed E-state index contributed by atoms with van der Waals surface area (Å²) in [5.41, 5.74) is 3.45. The van der Waals surface area contributed by atoms with Crippen molar-refractivity contribution in [1.82, 2.24) is 14.8 Å². The van der Waals surface area contributed by atoms with Crippen LogP contribution in [0.2, 0.25) is 0 Å². The molecule has 3 aromatic carbocycles. The van der Waals surface area contributed by atoms with Crippen LogP contribution in [-0.2, 0) is 16.1 Å². The number of carbonyl (C=O) groups excluding carboxylic acids is 1. The molecule has 1 aliphatic rings. The standard InChI is InChI=1S/C30H31FN4O4/c31-24-8-6-23(7-9-24)26(19-30(36)32-12-13-33-14-16-39-17-15-33)28-21-34(20-22-4-2-1-3-5-22)29-11-10-25(35(37)38)18-27(28)29/h1-11,18,21,26H,12-17,19-20H2,(H,32,36)/t26-/m0/s1. The van der Waals surface area contributed by atoms with Crippen LogP contribution in [-0.4, -0.2) is 59.7 Å². The van der Waals surface area contributed by atoms with Gasteiger partial charge in [0.15, 0.2) is 0 Å². The highest BCUT2D eigenvalue weighted by atomic mass is 19.1. The van der Waals surface area contributed by atoms with Gasteiger partial charge in [-0.25, -0.2) is 4.39 Å². The first-order chi connectivity index (χ1) is 19.0. The lowest BCUT2D eigenvalue weighted by atomic mass is 9.88. The van der Waals surface area contributed by atoms with Gasteiger partial charge in [-0.1, -0.05) is 42.5 Å². The van der Waals surface area contributed by atoms with Gasteiger partial charge in [-0.2, -0.15) is 0 Å². The zero-order chi connectivity index (χ0) is 27.2. The van der Waals surface area contributed by atoms with Crippen molar-refractivity contribution >= 4 is 22.5 Å². The van der Waals surface area contributed by atoms with E-state index in [1.54, 1.807) is 24.3 Å². The molecule has 5 rings (SSSR count). The lowest BCUT2D eigenvalue weighted by molar-refractivity contribution is -0.384. The van der Waals surface area contributed by atoms with Gasteiger partial charge in [-0.05, 0) is 34.9 Å². The van der Waals surface area contributed by atoms with E-state index in [2.05, 4.69) is 14.8 Å². The molecule has 202 valence electrons. The minimum absolute atomic E-state index is 0.0194.